The van der Waals surface area contributed by atoms with E-state index in [0.29, 0.717) is 38.0 Å². The lowest BCUT2D eigenvalue weighted by Gasteiger charge is -2.37. The number of carbonyl (C=O) groups excluding carboxylic acids is 2. The van der Waals surface area contributed by atoms with E-state index in [1.54, 1.807) is 0 Å². The third-order valence-corrected chi connectivity index (χ3v) is 8.57. The van der Waals surface area contributed by atoms with Crippen LogP contribution in [0.4, 0.5) is 0 Å². The number of halogens is 2. The van der Waals surface area contributed by atoms with Gasteiger partial charge in [0.2, 0.25) is 11.8 Å². The molecule has 1 heterocycles. The minimum absolute atomic E-state index is 0. The van der Waals surface area contributed by atoms with Gasteiger partial charge in [0.1, 0.15) is 13.1 Å². The molecule has 3 rings (SSSR count). The average molecular weight is 650 g/mol. The molecule has 0 spiro atoms. The number of hydrogen-bond donors (Lipinski definition) is 0. The van der Waals surface area contributed by atoms with Gasteiger partial charge in [0.25, 0.3) is 0 Å². The molecular formula is C36H58Cl2N4O2. The number of rotatable bonds is 12. The third kappa shape index (κ3) is 12.3. The molecule has 0 aromatic heterocycles. The van der Waals surface area contributed by atoms with E-state index >= 15 is 0 Å². The summed E-state index contributed by atoms with van der Waals surface area (Å²) in [4.78, 5) is 30.6. The highest BCUT2D eigenvalue weighted by molar-refractivity contribution is 5.80. The molecule has 248 valence electrons. The van der Waals surface area contributed by atoms with E-state index in [1.165, 1.54) is 22.3 Å². The maximum atomic E-state index is 13.3. The molecule has 0 radical (unpaired) electrons. The van der Waals surface area contributed by atoms with Gasteiger partial charge in [-0.25, -0.2) is 0 Å². The van der Waals surface area contributed by atoms with Gasteiger partial charge in [-0.1, -0.05) is 76.2 Å². The molecule has 8 heteroatoms. The Bertz CT molecular complexity index is 1070. The van der Waals surface area contributed by atoms with E-state index in [9.17, 15) is 9.59 Å². The van der Waals surface area contributed by atoms with Gasteiger partial charge in [-0.15, -0.1) is 0 Å². The summed E-state index contributed by atoms with van der Waals surface area (Å²) in [7, 11) is 13.2. The van der Waals surface area contributed by atoms with Gasteiger partial charge in [0.15, 0.2) is 0 Å². The third-order valence-electron chi connectivity index (χ3n) is 8.57. The largest absolute Gasteiger partial charge is 1.00 e. The van der Waals surface area contributed by atoms with Gasteiger partial charge in [0.05, 0.1) is 42.3 Å². The molecule has 1 aliphatic rings. The zero-order chi connectivity index (χ0) is 31.2. The second-order valence-electron chi connectivity index (χ2n) is 15.1. The Kier molecular flexibility index (Phi) is 15.4. The summed E-state index contributed by atoms with van der Waals surface area (Å²) in [5.74, 6) is 0.990. The van der Waals surface area contributed by atoms with Gasteiger partial charge in [0, 0.05) is 49.1 Å². The normalized spacial score (nSPS) is 16.7. The van der Waals surface area contributed by atoms with Crippen LogP contribution < -0.4 is 24.8 Å². The molecule has 4 unspecified atom stereocenters. The Morgan fingerprint density at radius 3 is 1.09 bits per heavy atom. The Morgan fingerprint density at radius 1 is 0.568 bits per heavy atom. The fourth-order valence-corrected chi connectivity index (χ4v) is 6.30. The molecule has 1 aliphatic heterocycles. The Balaban J connectivity index is 0.00000484. The van der Waals surface area contributed by atoms with Crippen LogP contribution in [0, 0.1) is 11.8 Å². The number of carbonyl (C=O) groups is 2. The van der Waals surface area contributed by atoms with Crippen LogP contribution in [-0.4, -0.2) is 99.0 Å². The Morgan fingerprint density at radius 2 is 0.841 bits per heavy atom. The SMILES string of the molecule is CC(CC(C)c1ccc(C[N+](C)(C)C)cc1)C(=O)N1CCN(C(=O)C(C)CC(C)c2ccc(C[N+](C)(C)C)cc2)CC1.[Cl-].[Cl-]. The lowest BCUT2D eigenvalue weighted by molar-refractivity contribution is -0.884. The molecule has 1 fully saturated rings. The quantitative estimate of drug-likeness (QED) is 0.298. The number of piperazine rings is 1. The lowest BCUT2D eigenvalue weighted by atomic mass is 9.89. The van der Waals surface area contributed by atoms with E-state index in [0.717, 1.165) is 34.9 Å². The minimum atomic E-state index is -0.0401. The summed E-state index contributed by atoms with van der Waals surface area (Å²) in [5, 5.41) is 0. The predicted molar refractivity (Wildman–Crippen MR) is 174 cm³/mol. The Labute approximate surface area is 280 Å². The van der Waals surface area contributed by atoms with Gasteiger partial charge >= 0.3 is 0 Å². The van der Waals surface area contributed by atoms with E-state index in [4.69, 9.17) is 0 Å². The van der Waals surface area contributed by atoms with Crippen LogP contribution >= 0.6 is 0 Å². The number of amides is 2. The highest BCUT2D eigenvalue weighted by Gasteiger charge is 2.30. The van der Waals surface area contributed by atoms with Crippen LogP contribution in [0.5, 0.6) is 0 Å². The van der Waals surface area contributed by atoms with Gasteiger partial charge in [-0.2, -0.15) is 0 Å². The fraction of sp³-hybridized carbons (Fsp3) is 0.611. The second-order valence-corrected chi connectivity index (χ2v) is 15.1. The molecule has 6 nitrogen and oxygen atoms in total. The van der Waals surface area contributed by atoms with Crippen LogP contribution in [-0.2, 0) is 22.7 Å². The molecule has 2 aromatic carbocycles. The van der Waals surface area contributed by atoms with Crippen molar-refractivity contribution >= 4 is 11.8 Å². The van der Waals surface area contributed by atoms with Crippen molar-refractivity contribution in [1.29, 1.82) is 0 Å². The number of benzene rings is 2. The molecule has 2 amide bonds. The molecule has 2 aromatic rings. The first-order chi connectivity index (χ1) is 19.5. The molecule has 1 saturated heterocycles. The number of hydrogen-bond acceptors (Lipinski definition) is 2. The van der Waals surface area contributed by atoms with E-state index in [-0.39, 0.29) is 48.5 Å². The topological polar surface area (TPSA) is 40.6 Å². The second kappa shape index (κ2) is 17.0. The van der Waals surface area contributed by atoms with Gasteiger partial charge in [-0.3, -0.25) is 9.59 Å². The van der Waals surface area contributed by atoms with Crippen molar-refractivity contribution in [2.24, 2.45) is 11.8 Å². The van der Waals surface area contributed by atoms with Crippen molar-refractivity contribution in [3.63, 3.8) is 0 Å². The van der Waals surface area contributed by atoms with Crippen molar-refractivity contribution in [3.05, 3.63) is 70.8 Å². The van der Waals surface area contributed by atoms with Crippen LogP contribution in [0.25, 0.3) is 0 Å². The molecule has 0 aliphatic carbocycles. The maximum Gasteiger partial charge on any atom is 0.225 e. The standard InChI is InChI=1S/C36H58N4O2.2ClH/c1-27(33-15-11-31(12-16-33)25-39(5,6)7)23-29(3)35(41)37-19-21-38(22-20-37)36(42)30(4)24-28(2)34-17-13-32(14-18-34)26-40(8,9)10;;/h11-18,27-30H,19-26H2,1-10H3;2*1H/q+2;;/p-2. The van der Waals surface area contributed by atoms with E-state index in [1.807, 2.05) is 9.80 Å². The highest BCUT2D eigenvalue weighted by atomic mass is 35.5. The average Bonchev–Trinajstić information content (AvgIpc) is 2.91. The first-order valence-corrected chi connectivity index (χ1v) is 15.9. The van der Waals surface area contributed by atoms with Crippen LogP contribution in [0.1, 0.15) is 74.6 Å². The molecular weight excluding hydrogens is 591 g/mol. The summed E-state index contributed by atoms with van der Waals surface area (Å²) in [6.45, 7) is 13.0. The molecule has 0 saturated carbocycles. The Hall–Kier alpha value is -2.12. The van der Waals surface area contributed by atoms with Crippen molar-refractivity contribution in [2.45, 2.75) is 65.5 Å². The van der Waals surface area contributed by atoms with E-state index in [2.05, 4.69) is 119 Å². The van der Waals surface area contributed by atoms with Crippen LogP contribution in [0.3, 0.4) is 0 Å². The van der Waals surface area contributed by atoms with Crippen LogP contribution in [0.2, 0.25) is 0 Å². The summed E-state index contributed by atoms with van der Waals surface area (Å²) in [6, 6.07) is 17.8. The summed E-state index contributed by atoms with van der Waals surface area (Å²) in [5.41, 5.74) is 5.25. The fourth-order valence-electron chi connectivity index (χ4n) is 6.30. The minimum Gasteiger partial charge on any atom is -1.00 e. The van der Waals surface area contributed by atoms with Crippen molar-refractivity contribution < 1.29 is 43.4 Å². The summed E-state index contributed by atoms with van der Waals surface area (Å²) >= 11 is 0. The predicted octanol–water partition coefficient (Wildman–Crippen LogP) is -0.263. The lowest BCUT2D eigenvalue weighted by Crippen LogP contribution is -3.00. The highest BCUT2D eigenvalue weighted by Crippen LogP contribution is 2.27. The van der Waals surface area contributed by atoms with E-state index < -0.39 is 0 Å². The number of nitrogens with zero attached hydrogens (tertiary/aromatic N) is 4. The number of quaternary nitrogens is 2. The molecule has 4 atom stereocenters. The maximum absolute atomic E-state index is 13.3. The van der Waals surface area contributed by atoms with Gasteiger partial charge in [-0.05, 0) is 35.8 Å². The zero-order valence-corrected chi connectivity index (χ0v) is 30.5. The van der Waals surface area contributed by atoms with Crippen molar-refractivity contribution in [2.75, 3.05) is 68.5 Å². The van der Waals surface area contributed by atoms with Gasteiger partial charge < -0.3 is 43.6 Å². The molecule has 0 bridgehead atoms. The van der Waals surface area contributed by atoms with Crippen molar-refractivity contribution in [1.82, 2.24) is 9.80 Å². The first-order valence-electron chi connectivity index (χ1n) is 15.9. The molecule has 44 heavy (non-hydrogen) atoms. The van der Waals surface area contributed by atoms with Crippen LogP contribution in [0.15, 0.2) is 48.5 Å². The smallest absolute Gasteiger partial charge is 0.225 e. The molecule has 0 N–H and O–H groups in total. The van der Waals surface area contributed by atoms with Crippen molar-refractivity contribution in [3.8, 4) is 0 Å². The summed E-state index contributed by atoms with van der Waals surface area (Å²) in [6.07, 6.45) is 1.66. The first kappa shape index (κ1) is 39.9. The summed E-state index contributed by atoms with van der Waals surface area (Å²) < 4.78 is 1.81. The monoisotopic (exact) mass is 648 g/mol. The zero-order valence-electron chi connectivity index (χ0n) is 28.9.